The number of hydrogen-bond acceptors (Lipinski definition) is 5. The van der Waals surface area contributed by atoms with E-state index < -0.39 is 5.97 Å². The molecule has 1 aliphatic heterocycles. The summed E-state index contributed by atoms with van der Waals surface area (Å²) in [4.78, 5) is 23.8. The number of rotatable bonds is 2. The fourth-order valence-electron chi connectivity index (χ4n) is 4.55. The Hall–Kier alpha value is -2.90. The number of aromatic carboxylic acids is 1. The molecule has 154 valence electrons. The molecule has 1 aromatic carbocycles. The van der Waals surface area contributed by atoms with E-state index in [1.54, 1.807) is 24.3 Å². The molecule has 0 saturated carbocycles. The molecule has 3 aromatic heterocycles. The summed E-state index contributed by atoms with van der Waals surface area (Å²) in [6.45, 7) is 7.94. The van der Waals surface area contributed by atoms with Crippen molar-refractivity contribution in [3.05, 3.63) is 46.6 Å². The van der Waals surface area contributed by atoms with Crippen LogP contribution in [0.5, 0.6) is 0 Å². The first-order chi connectivity index (χ1) is 14.3. The van der Waals surface area contributed by atoms with Gasteiger partial charge in [-0.1, -0.05) is 11.6 Å². The summed E-state index contributed by atoms with van der Waals surface area (Å²) in [5.74, 6) is -1.02. The highest BCUT2D eigenvalue weighted by Gasteiger charge is 2.25. The second-order valence-corrected chi connectivity index (χ2v) is 8.60. The molecule has 0 bridgehead atoms. The molecule has 4 heterocycles. The molecule has 2 N–H and O–H groups in total. The van der Waals surface area contributed by atoms with Crippen LogP contribution in [0.4, 0.5) is 5.69 Å². The summed E-state index contributed by atoms with van der Waals surface area (Å²) in [6.07, 6.45) is 0. The first-order valence-corrected chi connectivity index (χ1v) is 10.4. The molecule has 1 fully saturated rings. The molecule has 30 heavy (non-hydrogen) atoms. The lowest BCUT2D eigenvalue weighted by Crippen LogP contribution is -2.54. The van der Waals surface area contributed by atoms with Crippen molar-refractivity contribution in [1.82, 2.24) is 19.7 Å². The van der Waals surface area contributed by atoms with E-state index in [2.05, 4.69) is 29.0 Å². The van der Waals surface area contributed by atoms with Crippen LogP contribution < -0.4 is 10.2 Å². The van der Waals surface area contributed by atoms with Gasteiger partial charge in [0.1, 0.15) is 11.2 Å². The van der Waals surface area contributed by atoms with Gasteiger partial charge in [-0.25, -0.2) is 14.8 Å². The van der Waals surface area contributed by atoms with E-state index in [0.29, 0.717) is 33.9 Å². The summed E-state index contributed by atoms with van der Waals surface area (Å²) in [5.41, 5.74) is 4.50. The molecule has 1 aliphatic rings. The minimum Gasteiger partial charge on any atom is -0.478 e. The number of pyridine rings is 2. The molecular weight excluding hydrogens is 402 g/mol. The summed E-state index contributed by atoms with van der Waals surface area (Å²) >= 11 is 6.25. The SMILES string of the molecule is Cc1cc(N2CC(C)NC(C)C2)c2cc(C(=O)O)c3nc4ccc(Cl)cc4n3c2n1. The van der Waals surface area contributed by atoms with Crippen LogP contribution in [-0.2, 0) is 0 Å². The zero-order chi connectivity index (χ0) is 21.2. The van der Waals surface area contributed by atoms with Crippen molar-refractivity contribution >= 4 is 51.0 Å². The largest absolute Gasteiger partial charge is 0.478 e. The lowest BCUT2D eigenvalue weighted by molar-refractivity contribution is 0.0698. The second-order valence-electron chi connectivity index (χ2n) is 8.16. The van der Waals surface area contributed by atoms with Gasteiger partial charge >= 0.3 is 5.97 Å². The zero-order valence-corrected chi connectivity index (χ0v) is 17.7. The lowest BCUT2D eigenvalue weighted by Gasteiger charge is -2.38. The fraction of sp³-hybridized carbons (Fsp3) is 0.318. The molecule has 7 nitrogen and oxygen atoms in total. The van der Waals surface area contributed by atoms with Gasteiger partial charge in [0.25, 0.3) is 0 Å². The third-order valence-electron chi connectivity index (χ3n) is 5.63. The van der Waals surface area contributed by atoms with E-state index in [9.17, 15) is 9.90 Å². The van der Waals surface area contributed by atoms with E-state index in [1.807, 2.05) is 17.4 Å². The van der Waals surface area contributed by atoms with Gasteiger partial charge in [-0.15, -0.1) is 0 Å². The molecule has 0 radical (unpaired) electrons. The molecule has 2 atom stereocenters. The Kier molecular flexibility index (Phi) is 4.34. The maximum atomic E-state index is 12.1. The van der Waals surface area contributed by atoms with Crippen molar-refractivity contribution in [3.63, 3.8) is 0 Å². The van der Waals surface area contributed by atoms with Crippen LogP contribution in [0, 0.1) is 6.92 Å². The monoisotopic (exact) mass is 423 g/mol. The minimum atomic E-state index is -1.02. The molecule has 0 aliphatic carbocycles. The molecule has 0 amide bonds. The van der Waals surface area contributed by atoms with E-state index >= 15 is 0 Å². The topological polar surface area (TPSA) is 82.8 Å². The van der Waals surface area contributed by atoms with Gasteiger partial charge in [0, 0.05) is 47.0 Å². The van der Waals surface area contributed by atoms with Gasteiger partial charge in [0.05, 0.1) is 11.0 Å². The zero-order valence-electron chi connectivity index (χ0n) is 17.0. The molecule has 5 rings (SSSR count). The number of carboxylic acid groups (broad SMARTS) is 1. The summed E-state index contributed by atoms with van der Waals surface area (Å²) in [6, 6.07) is 9.77. The maximum Gasteiger partial charge on any atom is 0.339 e. The standard InChI is InChI=1S/C22H22ClN5O2/c1-11-6-18(27-9-12(2)24-13(3)10-27)15-8-16(22(29)30)21-26-17-5-4-14(23)7-19(17)28(21)20(15)25-11/h4-8,12-13,24H,9-10H2,1-3H3,(H,29,30). The van der Waals surface area contributed by atoms with Crippen molar-refractivity contribution in [2.45, 2.75) is 32.9 Å². The number of carboxylic acids is 1. The van der Waals surface area contributed by atoms with E-state index in [4.69, 9.17) is 16.6 Å². The number of fused-ring (bicyclic) bond motifs is 5. The summed E-state index contributed by atoms with van der Waals surface area (Å²) in [7, 11) is 0. The number of nitrogens with zero attached hydrogens (tertiary/aromatic N) is 4. The van der Waals surface area contributed by atoms with Crippen LogP contribution in [0.15, 0.2) is 30.3 Å². The van der Waals surface area contributed by atoms with Crippen molar-refractivity contribution < 1.29 is 9.90 Å². The number of imidazole rings is 1. The van der Waals surface area contributed by atoms with Gasteiger partial charge in [-0.3, -0.25) is 4.40 Å². The first-order valence-electron chi connectivity index (χ1n) is 9.98. The molecule has 2 unspecified atom stereocenters. The van der Waals surface area contributed by atoms with Gasteiger partial charge in [-0.2, -0.15) is 0 Å². The number of piperazine rings is 1. The van der Waals surface area contributed by atoms with Crippen molar-refractivity contribution in [2.75, 3.05) is 18.0 Å². The number of hydrogen-bond donors (Lipinski definition) is 2. The lowest BCUT2D eigenvalue weighted by atomic mass is 10.1. The van der Waals surface area contributed by atoms with Crippen LogP contribution in [-0.4, -0.2) is 50.6 Å². The number of benzene rings is 1. The van der Waals surface area contributed by atoms with Crippen LogP contribution in [0.2, 0.25) is 5.02 Å². The number of nitrogens with one attached hydrogen (secondary N) is 1. The maximum absolute atomic E-state index is 12.1. The third kappa shape index (κ3) is 2.97. The van der Waals surface area contributed by atoms with Gasteiger partial charge in [0.15, 0.2) is 5.65 Å². The number of aryl methyl sites for hydroxylation is 1. The van der Waals surface area contributed by atoms with Gasteiger partial charge in [-0.05, 0) is 51.1 Å². The number of anilines is 1. The molecule has 8 heteroatoms. The Balaban J connectivity index is 1.91. The predicted octanol–water partition coefficient (Wildman–Crippen LogP) is 3.88. The predicted molar refractivity (Wildman–Crippen MR) is 119 cm³/mol. The average molecular weight is 424 g/mol. The Morgan fingerprint density at radius 1 is 1.13 bits per heavy atom. The minimum absolute atomic E-state index is 0.151. The molecule has 0 spiro atoms. The van der Waals surface area contributed by atoms with E-state index in [1.165, 1.54) is 0 Å². The number of aromatic nitrogens is 3. The van der Waals surface area contributed by atoms with Crippen molar-refractivity contribution in [2.24, 2.45) is 0 Å². The fourth-order valence-corrected chi connectivity index (χ4v) is 4.72. The number of carbonyl (C=O) groups is 1. The van der Waals surface area contributed by atoms with E-state index in [0.717, 1.165) is 35.4 Å². The van der Waals surface area contributed by atoms with Crippen molar-refractivity contribution in [3.8, 4) is 0 Å². The number of halogens is 1. The molecular formula is C22H22ClN5O2. The smallest absolute Gasteiger partial charge is 0.339 e. The first kappa shape index (κ1) is 19.1. The summed E-state index contributed by atoms with van der Waals surface area (Å²) < 4.78 is 1.82. The highest BCUT2D eigenvalue weighted by Crippen LogP contribution is 2.33. The highest BCUT2D eigenvalue weighted by atomic mass is 35.5. The molecule has 1 saturated heterocycles. The second kappa shape index (κ2) is 6.82. The Labute approximate surface area is 178 Å². The van der Waals surface area contributed by atoms with Gasteiger partial charge in [0.2, 0.25) is 0 Å². The highest BCUT2D eigenvalue weighted by molar-refractivity contribution is 6.31. The summed E-state index contributed by atoms with van der Waals surface area (Å²) in [5, 5.41) is 14.8. The normalized spacial score (nSPS) is 19.8. The van der Waals surface area contributed by atoms with Crippen molar-refractivity contribution in [1.29, 1.82) is 0 Å². The average Bonchev–Trinajstić information content (AvgIpc) is 3.04. The van der Waals surface area contributed by atoms with Crippen LogP contribution in [0.3, 0.4) is 0 Å². The van der Waals surface area contributed by atoms with E-state index in [-0.39, 0.29) is 5.56 Å². The van der Waals surface area contributed by atoms with Crippen LogP contribution >= 0.6 is 11.6 Å². The third-order valence-corrected chi connectivity index (χ3v) is 5.87. The quantitative estimate of drug-likeness (QED) is 0.509. The van der Waals surface area contributed by atoms with Gasteiger partial charge < -0.3 is 15.3 Å². The Bertz CT molecular complexity index is 1320. The Morgan fingerprint density at radius 3 is 2.57 bits per heavy atom. The Morgan fingerprint density at radius 2 is 1.87 bits per heavy atom. The molecule has 4 aromatic rings. The van der Waals surface area contributed by atoms with Crippen LogP contribution in [0.25, 0.3) is 27.7 Å². The van der Waals surface area contributed by atoms with Crippen LogP contribution in [0.1, 0.15) is 29.9 Å².